The molecule has 0 radical (unpaired) electrons. The molecule has 0 aromatic heterocycles. The number of carbonyl (C=O) groups is 1. The van der Waals surface area contributed by atoms with Crippen LogP contribution in [0.4, 0.5) is 5.69 Å². The molecule has 0 bridgehead atoms. The van der Waals surface area contributed by atoms with Crippen molar-refractivity contribution >= 4 is 11.7 Å². The molecule has 0 amide bonds. The van der Waals surface area contributed by atoms with E-state index in [-0.39, 0.29) is 5.97 Å². The molecule has 0 saturated carbocycles. The average molecular weight is 183 g/mol. The van der Waals surface area contributed by atoms with E-state index in [1.54, 1.807) is 24.3 Å². The summed E-state index contributed by atoms with van der Waals surface area (Å²) in [6.07, 6.45) is 0. The third kappa shape index (κ3) is 4.81. The van der Waals surface area contributed by atoms with Gasteiger partial charge in [0.1, 0.15) is 5.75 Å². The number of aliphatic hydroxyl groups excluding tert-OH is 1. The highest BCUT2D eigenvalue weighted by molar-refractivity contribution is 5.69. The molecular weight excluding hydrogens is 170 g/mol. The van der Waals surface area contributed by atoms with Crippen LogP contribution >= 0.6 is 0 Å². The van der Waals surface area contributed by atoms with Crippen molar-refractivity contribution in [1.29, 1.82) is 0 Å². The Kier molecular flexibility index (Phi) is 5.30. The monoisotopic (exact) mass is 183 g/mol. The third-order valence-corrected chi connectivity index (χ3v) is 1.14. The molecule has 0 atom stereocenters. The van der Waals surface area contributed by atoms with Crippen LogP contribution in [0.5, 0.6) is 5.75 Å². The van der Waals surface area contributed by atoms with Gasteiger partial charge in [-0.1, -0.05) is 0 Å². The molecule has 13 heavy (non-hydrogen) atoms. The van der Waals surface area contributed by atoms with E-state index < -0.39 is 0 Å². The summed E-state index contributed by atoms with van der Waals surface area (Å²) in [6.45, 7) is 1.36. The Balaban J connectivity index is 0.000000671. The van der Waals surface area contributed by atoms with Gasteiger partial charge in [-0.25, -0.2) is 0 Å². The summed E-state index contributed by atoms with van der Waals surface area (Å²) < 4.78 is 4.77. The highest BCUT2D eigenvalue weighted by Gasteiger charge is 1.95. The van der Waals surface area contributed by atoms with Crippen LogP contribution in [0.2, 0.25) is 0 Å². The quantitative estimate of drug-likeness (QED) is 0.384. The first kappa shape index (κ1) is 11.4. The minimum absolute atomic E-state index is 0.324. The number of nitrogens with two attached hydrogens (primary N) is 1. The first-order valence-electron chi connectivity index (χ1n) is 3.67. The van der Waals surface area contributed by atoms with E-state index in [0.717, 1.165) is 7.11 Å². The molecule has 1 aromatic rings. The number of hydrogen-bond donors (Lipinski definition) is 2. The number of ether oxygens (including phenoxy) is 1. The Bertz CT molecular complexity index is 256. The molecule has 72 valence electrons. The fourth-order valence-corrected chi connectivity index (χ4v) is 0.702. The summed E-state index contributed by atoms with van der Waals surface area (Å²) in [5.41, 5.74) is 6.07. The summed E-state index contributed by atoms with van der Waals surface area (Å²) in [4.78, 5) is 10.4. The first-order chi connectivity index (χ1) is 6.18. The van der Waals surface area contributed by atoms with Gasteiger partial charge in [-0.2, -0.15) is 0 Å². The highest BCUT2D eigenvalue weighted by Crippen LogP contribution is 2.12. The number of aliphatic hydroxyl groups is 1. The van der Waals surface area contributed by atoms with Crippen LogP contribution in [0.1, 0.15) is 6.92 Å². The van der Waals surface area contributed by atoms with Crippen LogP contribution in [0.3, 0.4) is 0 Å². The summed E-state index contributed by atoms with van der Waals surface area (Å²) >= 11 is 0. The summed E-state index contributed by atoms with van der Waals surface area (Å²) in [5, 5.41) is 7.00. The van der Waals surface area contributed by atoms with E-state index in [1.807, 2.05) is 0 Å². The molecule has 4 heteroatoms. The number of rotatable bonds is 1. The average Bonchev–Trinajstić information content (AvgIpc) is 2.12. The largest absolute Gasteiger partial charge is 0.427 e. The molecule has 0 unspecified atom stereocenters. The minimum atomic E-state index is -0.324. The second-order valence-corrected chi connectivity index (χ2v) is 2.16. The van der Waals surface area contributed by atoms with Crippen LogP contribution in [-0.4, -0.2) is 18.2 Å². The molecule has 1 aromatic carbocycles. The lowest BCUT2D eigenvalue weighted by Crippen LogP contribution is -2.00. The van der Waals surface area contributed by atoms with E-state index in [9.17, 15) is 4.79 Å². The fourth-order valence-electron chi connectivity index (χ4n) is 0.702. The molecular formula is C9H13NO3. The zero-order valence-electron chi connectivity index (χ0n) is 7.65. The van der Waals surface area contributed by atoms with Crippen molar-refractivity contribution in [3.63, 3.8) is 0 Å². The van der Waals surface area contributed by atoms with Gasteiger partial charge in [0.05, 0.1) is 0 Å². The molecule has 0 aliphatic heterocycles. The van der Waals surface area contributed by atoms with Gasteiger partial charge in [-0.3, -0.25) is 4.79 Å². The number of anilines is 1. The second kappa shape index (κ2) is 6.02. The normalized spacial score (nSPS) is 8.23. The van der Waals surface area contributed by atoms with Crippen molar-refractivity contribution in [2.45, 2.75) is 6.92 Å². The maximum Gasteiger partial charge on any atom is 0.308 e. The molecule has 1 rings (SSSR count). The zero-order chi connectivity index (χ0) is 10.3. The van der Waals surface area contributed by atoms with Crippen molar-refractivity contribution in [3.05, 3.63) is 24.3 Å². The summed E-state index contributed by atoms with van der Waals surface area (Å²) in [5.74, 6) is 0.196. The van der Waals surface area contributed by atoms with Crippen molar-refractivity contribution in [2.75, 3.05) is 12.8 Å². The number of carbonyl (C=O) groups excluding carboxylic acids is 1. The molecule has 3 N–H and O–H groups in total. The first-order valence-corrected chi connectivity index (χ1v) is 3.67. The van der Waals surface area contributed by atoms with E-state index >= 15 is 0 Å². The number of hydrogen-bond acceptors (Lipinski definition) is 4. The number of nitrogen functional groups attached to an aromatic ring is 1. The second-order valence-electron chi connectivity index (χ2n) is 2.16. The maximum absolute atomic E-state index is 10.4. The van der Waals surface area contributed by atoms with Gasteiger partial charge in [0, 0.05) is 19.7 Å². The van der Waals surface area contributed by atoms with Gasteiger partial charge in [0.25, 0.3) is 0 Å². The summed E-state index contributed by atoms with van der Waals surface area (Å²) in [6, 6.07) is 6.66. The highest BCUT2D eigenvalue weighted by atomic mass is 16.5. The van der Waals surface area contributed by atoms with Crippen molar-refractivity contribution in [1.82, 2.24) is 0 Å². The lowest BCUT2D eigenvalue weighted by atomic mass is 10.3. The van der Waals surface area contributed by atoms with Gasteiger partial charge < -0.3 is 15.6 Å². The predicted octanol–water partition coefficient (Wildman–Crippen LogP) is 0.803. The van der Waals surface area contributed by atoms with Crippen molar-refractivity contribution < 1.29 is 14.6 Å². The molecule has 0 spiro atoms. The topological polar surface area (TPSA) is 72.5 Å². The Labute approximate surface area is 76.9 Å². The molecule has 4 nitrogen and oxygen atoms in total. The van der Waals surface area contributed by atoms with Crippen molar-refractivity contribution in [2.24, 2.45) is 0 Å². The van der Waals surface area contributed by atoms with E-state index in [4.69, 9.17) is 15.6 Å². The molecule has 0 fully saturated rings. The Morgan fingerprint density at radius 3 is 2.15 bits per heavy atom. The SMILES string of the molecule is CC(=O)Oc1ccc(N)cc1.CO. The van der Waals surface area contributed by atoms with Crippen LogP contribution in [0.25, 0.3) is 0 Å². The van der Waals surface area contributed by atoms with E-state index in [1.165, 1.54) is 6.92 Å². The fraction of sp³-hybridized carbons (Fsp3) is 0.222. The third-order valence-electron chi connectivity index (χ3n) is 1.14. The predicted molar refractivity (Wildman–Crippen MR) is 50.3 cm³/mol. The van der Waals surface area contributed by atoms with Crippen LogP contribution in [0.15, 0.2) is 24.3 Å². The molecule has 0 heterocycles. The van der Waals surface area contributed by atoms with Gasteiger partial charge in [-0.15, -0.1) is 0 Å². The molecule has 0 aliphatic carbocycles. The lowest BCUT2D eigenvalue weighted by molar-refractivity contribution is -0.131. The minimum Gasteiger partial charge on any atom is -0.427 e. The van der Waals surface area contributed by atoms with Gasteiger partial charge in [0.2, 0.25) is 0 Å². The van der Waals surface area contributed by atoms with Crippen molar-refractivity contribution in [3.8, 4) is 5.75 Å². The standard InChI is InChI=1S/C8H9NO2.CH4O/c1-6(10)11-8-4-2-7(9)3-5-8;1-2/h2-5H,9H2,1H3;2H,1H3. The number of esters is 1. The van der Waals surface area contributed by atoms with E-state index in [0.29, 0.717) is 11.4 Å². The Morgan fingerprint density at radius 2 is 1.77 bits per heavy atom. The van der Waals surface area contributed by atoms with Gasteiger partial charge in [-0.05, 0) is 24.3 Å². The van der Waals surface area contributed by atoms with Gasteiger partial charge in [0.15, 0.2) is 0 Å². The van der Waals surface area contributed by atoms with Crippen LogP contribution in [-0.2, 0) is 4.79 Å². The lowest BCUT2D eigenvalue weighted by Gasteiger charge is -1.99. The Morgan fingerprint density at radius 1 is 1.31 bits per heavy atom. The van der Waals surface area contributed by atoms with E-state index in [2.05, 4.69) is 0 Å². The number of benzene rings is 1. The molecule has 0 saturated heterocycles. The van der Waals surface area contributed by atoms with Crippen LogP contribution < -0.4 is 10.5 Å². The van der Waals surface area contributed by atoms with Gasteiger partial charge >= 0.3 is 5.97 Å². The Hall–Kier alpha value is -1.55. The molecule has 0 aliphatic rings. The maximum atomic E-state index is 10.4. The summed E-state index contributed by atoms with van der Waals surface area (Å²) in [7, 11) is 1.00. The zero-order valence-corrected chi connectivity index (χ0v) is 7.65. The smallest absolute Gasteiger partial charge is 0.308 e. The van der Waals surface area contributed by atoms with Crippen LogP contribution in [0, 0.1) is 0 Å².